The molecule has 34 heavy (non-hydrogen) atoms. The number of amides is 2. The molecule has 2 amide bonds. The quantitative estimate of drug-likeness (QED) is 0.403. The molecule has 3 rings (SSSR count). The van der Waals surface area contributed by atoms with Gasteiger partial charge in [0.15, 0.2) is 0 Å². The van der Waals surface area contributed by atoms with Gasteiger partial charge in [-0.2, -0.15) is 0 Å². The Morgan fingerprint density at radius 3 is 1.41 bits per heavy atom. The van der Waals surface area contributed by atoms with Gasteiger partial charge in [-0.15, -0.1) is 0 Å². The molecule has 0 bridgehead atoms. The maximum Gasteiger partial charge on any atom is 0.251 e. The number of benzene rings is 3. The number of rotatable bonds is 10. The van der Waals surface area contributed by atoms with Crippen molar-refractivity contribution in [1.82, 2.24) is 15.5 Å². The molecule has 0 aromatic heterocycles. The Balaban J connectivity index is 1.59. The summed E-state index contributed by atoms with van der Waals surface area (Å²) in [4.78, 5) is 26.7. The first-order chi connectivity index (χ1) is 16.3. The molecule has 178 valence electrons. The van der Waals surface area contributed by atoms with Crippen molar-refractivity contribution in [2.75, 3.05) is 26.2 Å². The van der Waals surface area contributed by atoms with Crippen LogP contribution in [0.15, 0.2) is 72.8 Å². The molecule has 0 aliphatic rings. The van der Waals surface area contributed by atoms with Gasteiger partial charge in [0.25, 0.3) is 11.8 Å². The molecule has 3 aromatic rings. The van der Waals surface area contributed by atoms with E-state index in [0.717, 1.165) is 22.3 Å². The minimum atomic E-state index is -0.854. The summed E-state index contributed by atoms with van der Waals surface area (Å²) in [5, 5.41) is 16.8. The molecule has 6 heteroatoms. The maximum absolute atomic E-state index is 12.4. The molecule has 0 saturated heterocycles. The van der Waals surface area contributed by atoms with Crippen molar-refractivity contribution in [3.8, 4) is 0 Å². The van der Waals surface area contributed by atoms with Crippen molar-refractivity contribution in [3.63, 3.8) is 0 Å². The highest BCUT2D eigenvalue weighted by molar-refractivity contribution is 5.94. The Morgan fingerprint density at radius 2 is 1.03 bits per heavy atom. The first-order valence-electron chi connectivity index (χ1n) is 11.5. The second-order valence-electron chi connectivity index (χ2n) is 8.56. The van der Waals surface area contributed by atoms with Crippen molar-refractivity contribution in [3.05, 3.63) is 106 Å². The van der Waals surface area contributed by atoms with Crippen LogP contribution in [0.1, 0.15) is 49.2 Å². The summed E-state index contributed by atoms with van der Waals surface area (Å²) < 4.78 is 0. The molecular weight excluding hydrogens is 426 g/mol. The van der Waals surface area contributed by atoms with E-state index in [2.05, 4.69) is 10.6 Å². The van der Waals surface area contributed by atoms with Gasteiger partial charge in [0, 0.05) is 37.3 Å². The van der Waals surface area contributed by atoms with Gasteiger partial charge in [-0.05, 0) is 50.6 Å². The predicted octanol–water partition coefficient (Wildman–Crippen LogP) is 3.76. The van der Waals surface area contributed by atoms with E-state index < -0.39 is 6.23 Å². The minimum absolute atomic E-state index is 0.155. The number of carbonyl (C=O) groups excluding carboxylic acids is 2. The molecule has 3 aromatic carbocycles. The summed E-state index contributed by atoms with van der Waals surface area (Å²) in [7, 11) is 0. The Kier molecular flexibility index (Phi) is 8.96. The van der Waals surface area contributed by atoms with E-state index in [-0.39, 0.29) is 11.8 Å². The van der Waals surface area contributed by atoms with Crippen LogP contribution in [-0.4, -0.2) is 48.0 Å². The Labute approximate surface area is 201 Å². The molecule has 0 heterocycles. The first kappa shape index (κ1) is 25.1. The van der Waals surface area contributed by atoms with Crippen molar-refractivity contribution in [2.24, 2.45) is 0 Å². The molecule has 1 unspecified atom stereocenters. The first-order valence-corrected chi connectivity index (χ1v) is 11.5. The fourth-order valence-electron chi connectivity index (χ4n) is 3.55. The summed E-state index contributed by atoms with van der Waals surface area (Å²) in [6, 6.07) is 22.5. The summed E-state index contributed by atoms with van der Waals surface area (Å²) in [5.41, 5.74) is 5.26. The lowest BCUT2D eigenvalue weighted by atomic mass is 10.1. The third-order valence-corrected chi connectivity index (χ3v) is 5.72. The highest BCUT2D eigenvalue weighted by atomic mass is 16.3. The smallest absolute Gasteiger partial charge is 0.251 e. The summed E-state index contributed by atoms with van der Waals surface area (Å²) >= 11 is 0. The third-order valence-electron chi connectivity index (χ3n) is 5.72. The van der Waals surface area contributed by atoms with Gasteiger partial charge in [0.2, 0.25) is 0 Å². The highest BCUT2D eigenvalue weighted by Gasteiger charge is 2.18. The van der Waals surface area contributed by atoms with Crippen LogP contribution in [0, 0.1) is 20.8 Å². The molecule has 0 saturated carbocycles. The number of hydrogen-bond acceptors (Lipinski definition) is 4. The summed E-state index contributed by atoms with van der Waals surface area (Å²) in [6.07, 6.45) is -0.854. The number of carbonyl (C=O) groups is 2. The van der Waals surface area contributed by atoms with Gasteiger partial charge in [0.1, 0.15) is 6.23 Å². The summed E-state index contributed by atoms with van der Waals surface area (Å²) in [6.45, 7) is 7.52. The molecule has 3 N–H and O–H groups in total. The highest BCUT2D eigenvalue weighted by Crippen LogP contribution is 2.18. The molecule has 0 aliphatic carbocycles. The van der Waals surface area contributed by atoms with Gasteiger partial charge in [0.05, 0.1) is 0 Å². The van der Waals surface area contributed by atoms with Crippen molar-refractivity contribution < 1.29 is 14.7 Å². The lowest BCUT2D eigenvalue weighted by Crippen LogP contribution is -2.41. The third kappa shape index (κ3) is 7.27. The van der Waals surface area contributed by atoms with Gasteiger partial charge >= 0.3 is 0 Å². The number of aryl methyl sites for hydroxylation is 3. The zero-order valence-corrected chi connectivity index (χ0v) is 20.0. The van der Waals surface area contributed by atoms with E-state index in [0.29, 0.717) is 37.3 Å². The fourth-order valence-corrected chi connectivity index (χ4v) is 3.55. The number of hydrogen-bond donors (Lipinski definition) is 3. The van der Waals surface area contributed by atoms with Crippen LogP contribution in [-0.2, 0) is 0 Å². The van der Waals surface area contributed by atoms with E-state index in [1.807, 2.05) is 74.2 Å². The normalized spacial score (nSPS) is 11.8. The predicted molar refractivity (Wildman–Crippen MR) is 135 cm³/mol. The van der Waals surface area contributed by atoms with Gasteiger partial charge in [-0.3, -0.25) is 14.5 Å². The Morgan fingerprint density at radius 1 is 0.676 bits per heavy atom. The molecule has 0 aliphatic heterocycles. The van der Waals surface area contributed by atoms with Crippen molar-refractivity contribution in [2.45, 2.75) is 27.0 Å². The van der Waals surface area contributed by atoms with Crippen LogP contribution in [0.3, 0.4) is 0 Å². The van der Waals surface area contributed by atoms with Crippen LogP contribution in [0.5, 0.6) is 0 Å². The van der Waals surface area contributed by atoms with Crippen LogP contribution in [0.25, 0.3) is 0 Å². The minimum Gasteiger partial charge on any atom is -0.374 e. The average Bonchev–Trinajstić information content (AvgIpc) is 2.83. The standard InChI is InChI=1S/C28H33N3O3/c1-20-4-10-23(11-5-20)26(32)29-16-18-31(28(34)25-14-8-22(3)9-15-25)19-17-30-27(33)24-12-6-21(2)7-13-24/h4-15,28,34H,16-19H2,1-3H3,(H,29,32)(H,30,33). The molecule has 6 nitrogen and oxygen atoms in total. The molecule has 0 radical (unpaired) electrons. The Hall–Kier alpha value is -3.48. The molecule has 1 atom stereocenters. The Bertz CT molecular complexity index is 1010. The van der Waals surface area contributed by atoms with Crippen molar-refractivity contribution >= 4 is 11.8 Å². The molecular formula is C28H33N3O3. The van der Waals surface area contributed by atoms with Crippen LogP contribution in [0.2, 0.25) is 0 Å². The molecule has 0 spiro atoms. The van der Waals surface area contributed by atoms with E-state index >= 15 is 0 Å². The van der Waals surface area contributed by atoms with E-state index in [4.69, 9.17) is 0 Å². The van der Waals surface area contributed by atoms with Crippen LogP contribution < -0.4 is 10.6 Å². The maximum atomic E-state index is 12.4. The van der Waals surface area contributed by atoms with Gasteiger partial charge in [-0.1, -0.05) is 65.2 Å². The van der Waals surface area contributed by atoms with E-state index in [9.17, 15) is 14.7 Å². The van der Waals surface area contributed by atoms with E-state index in [1.165, 1.54) is 0 Å². The number of nitrogens with zero attached hydrogens (tertiary/aromatic N) is 1. The van der Waals surface area contributed by atoms with Gasteiger partial charge < -0.3 is 15.7 Å². The topological polar surface area (TPSA) is 81.7 Å². The lowest BCUT2D eigenvalue weighted by Gasteiger charge is -2.28. The SMILES string of the molecule is Cc1ccc(C(=O)NCCN(CCNC(=O)c2ccc(C)cc2)C(O)c2ccc(C)cc2)cc1. The lowest BCUT2D eigenvalue weighted by molar-refractivity contribution is 0.00327. The second kappa shape index (κ2) is 12.1. The monoisotopic (exact) mass is 459 g/mol. The zero-order chi connectivity index (χ0) is 24.5. The van der Waals surface area contributed by atoms with Crippen molar-refractivity contribution in [1.29, 1.82) is 0 Å². The van der Waals surface area contributed by atoms with Gasteiger partial charge in [-0.25, -0.2) is 0 Å². The zero-order valence-electron chi connectivity index (χ0n) is 20.0. The number of aliphatic hydroxyl groups is 1. The van der Waals surface area contributed by atoms with Crippen LogP contribution in [0.4, 0.5) is 0 Å². The molecule has 0 fully saturated rings. The second-order valence-corrected chi connectivity index (χ2v) is 8.56. The van der Waals surface area contributed by atoms with E-state index in [1.54, 1.807) is 24.3 Å². The summed E-state index contributed by atoms with van der Waals surface area (Å²) in [5.74, 6) is -0.310. The average molecular weight is 460 g/mol. The largest absolute Gasteiger partial charge is 0.374 e. The fraction of sp³-hybridized carbons (Fsp3) is 0.286. The number of aliphatic hydroxyl groups excluding tert-OH is 1. The van der Waals surface area contributed by atoms with Crippen LogP contribution >= 0.6 is 0 Å². The number of nitrogens with one attached hydrogen (secondary N) is 2.